The van der Waals surface area contributed by atoms with Gasteiger partial charge in [0.05, 0.1) is 6.54 Å². The molecule has 0 heterocycles. The van der Waals surface area contributed by atoms with Crippen LogP contribution in [0.3, 0.4) is 0 Å². The molecule has 0 saturated heterocycles. The quantitative estimate of drug-likeness (QED) is 0.524. The molecule has 0 fully saturated rings. The van der Waals surface area contributed by atoms with Gasteiger partial charge in [-0.05, 0) is 28.7 Å². The molecule has 0 aliphatic heterocycles. The monoisotopic (exact) mass is 440 g/mol. The van der Waals surface area contributed by atoms with Crippen molar-refractivity contribution in [1.29, 1.82) is 0 Å². The molecule has 1 aliphatic rings. The van der Waals surface area contributed by atoms with Crippen LogP contribution in [0.2, 0.25) is 0 Å². The lowest BCUT2D eigenvalue weighted by Gasteiger charge is -2.19. The second-order valence-electron chi connectivity index (χ2n) is 7.65. The fourth-order valence-corrected chi connectivity index (χ4v) is 3.88. The number of amides is 2. The highest BCUT2D eigenvalue weighted by Gasteiger charge is 2.29. The molecule has 8 nitrogen and oxygen atoms in total. The van der Waals surface area contributed by atoms with Gasteiger partial charge in [0.15, 0.2) is 6.10 Å². The van der Waals surface area contributed by atoms with E-state index in [0.717, 1.165) is 22.3 Å². The molecule has 2 amide bonds. The Labute approximate surface area is 186 Å². The Hall–Kier alpha value is -3.39. The molecular weight excluding hydrogens is 412 g/mol. The number of rotatable bonds is 10. The first-order valence-corrected chi connectivity index (χ1v) is 10.6. The van der Waals surface area contributed by atoms with E-state index in [0.29, 0.717) is 6.42 Å². The summed E-state index contributed by atoms with van der Waals surface area (Å²) in [6, 6.07) is 15.7. The topological polar surface area (TPSA) is 114 Å². The van der Waals surface area contributed by atoms with Crippen molar-refractivity contribution >= 4 is 18.0 Å². The van der Waals surface area contributed by atoms with E-state index in [1.165, 1.54) is 7.11 Å². The van der Waals surface area contributed by atoms with E-state index in [4.69, 9.17) is 14.6 Å². The van der Waals surface area contributed by atoms with Gasteiger partial charge in [-0.1, -0.05) is 55.5 Å². The van der Waals surface area contributed by atoms with Crippen molar-refractivity contribution in [1.82, 2.24) is 10.6 Å². The molecule has 2 aromatic carbocycles. The number of hydrogen-bond donors (Lipinski definition) is 3. The van der Waals surface area contributed by atoms with Crippen molar-refractivity contribution in [2.24, 2.45) is 0 Å². The van der Waals surface area contributed by atoms with Crippen molar-refractivity contribution in [2.45, 2.75) is 37.8 Å². The SMILES string of the molecule is CCC(CC(=O)NCC(OC)C(=O)O)NC(=O)OCC1c2ccccc2-c2ccccc21. The number of hydrogen-bond acceptors (Lipinski definition) is 5. The highest BCUT2D eigenvalue weighted by molar-refractivity contribution is 5.80. The largest absolute Gasteiger partial charge is 0.479 e. The Morgan fingerprint density at radius 2 is 1.62 bits per heavy atom. The predicted molar refractivity (Wildman–Crippen MR) is 118 cm³/mol. The molecule has 0 spiro atoms. The van der Waals surface area contributed by atoms with Crippen LogP contribution in [0.4, 0.5) is 4.79 Å². The fourth-order valence-electron chi connectivity index (χ4n) is 3.88. The number of carboxylic acids is 1. The van der Waals surface area contributed by atoms with Crippen LogP contribution in [0.1, 0.15) is 36.8 Å². The molecule has 0 saturated carbocycles. The number of nitrogens with one attached hydrogen (secondary N) is 2. The van der Waals surface area contributed by atoms with Gasteiger partial charge in [0.2, 0.25) is 5.91 Å². The molecule has 0 aromatic heterocycles. The molecule has 170 valence electrons. The van der Waals surface area contributed by atoms with E-state index in [1.54, 1.807) is 0 Å². The minimum Gasteiger partial charge on any atom is -0.479 e. The lowest BCUT2D eigenvalue weighted by atomic mass is 9.98. The summed E-state index contributed by atoms with van der Waals surface area (Å²) in [6.45, 7) is 1.89. The third-order valence-electron chi connectivity index (χ3n) is 5.63. The Balaban J connectivity index is 1.53. The van der Waals surface area contributed by atoms with Gasteiger partial charge in [0.25, 0.3) is 0 Å². The number of alkyl carbamates (subject to hydrolysis) is 1. The van der Waals surface area contributed by atoms with Crippen LogP contribution in [0.5, 0.6) is 0 Å². The summed E-state index contributed by atoms with van der Waals surface area (Å²) in [4.78, 5) is 35.5. The Morgan fingerprint density at radius 3 is 2.16 bits per heavy atom. The normalized spacial score (nSPS) is 14.1. The zero-order chi connectivity index (χ0) is 23.1. The maximum absolute atomic E-state index is 12.4. The molecular formula is C24H28N2O6. The molecule has 32 heavy (non-hydrogen) atoms. The zero-order valence-corrected chi connectivity index (χ0v) is 18.2. The molecule has 0 bridgehead atoms. The van der Waals surface area contributed by atoms with Crippen molar-refractivity contribution in [3.05, 3.63) is 59.7 Å². The van der Waals surface area contributed by atoms with Crippen LogP contribution in [-0.2, 0) is 19.1 Å². The maximum atomic E-state index is 12.4. The first-order chi connectivity index (χ1) is 15.4. The number of methoxy groups -OCH3 is 1. The molecule has 1 aliphatic carbocycles. The average Bonchev–Trinajstić information content (AvgIpc) is 3.11. The summed E-state index contributed by atoms with van der Waals surface area (Å²) in [5.74, 6) is -1.57. The maximum Gasteiger partial charge on any atom is 0.407 e. The Morgan fingerprint density at radius 1 is 1.03 bits per heavy atom. The van der Waals surface area contributed by atoms with E-state index < -0.39 is 24.2 Å². The van der Waals surface area contributed by atoms with Crippen molar-refractivity contribution in [3.8, 4) is 11.1 Å². The molecule has 3 rings (SSSR count). The molecule has 2 aromatic rings. The standard InChI is InChI=1S/C24H28N2O6/c1-3-15(12-22(27)25-13-21(31-2)23(28)29)26-24(30)32-14-20-18-10-6-4-8-16(18)17-9-5-7-11-19(17)20/h4-11,15,20-21H,3,12-14H2,1-2H3,(H,25,27)(H,26,30)(H,28,29). The van der Waals surface area contributed by atoms with E-state index in [9.17, 15) is 14.4 Å². The lowest BCUT2D eigenvalue weighted by molar-refractivity contribution is -0.148. The summed E-state index contributed by atoms with van der Waals surface area (Å²) in [5, 5.41) is 14.2. The molecule has 2 unspecified atom stereocenters. The summed E-state index contributed by atoms with van der Waals surface area (Å²) in [5.41, 5.74) is 4.55. The van der Waals surface area contributed by atoms with Crippen molar-refractivity contribution in [2.75, 3.05) is 20.3 Å². The van der Waals surface area contributed by atoms with Crippen LogP contribution >= 0.6 is 0 Å². The summed E-state index contributed by atoms with van der Waals surface area (Å²) >= 11 is 0. The van der Waals surface area contributed by atoms with Crippen molar-refractivity contribution in [3.63, 3.8) is 0 Å². The van der Waals surface area contributed by atoms with Crippen LogP contribution in [0, 0.1) is 0 Å². The van der Waals surface area contributed by atoms with Gasteiger partial charge < -0.3 is 25.2 Å². The number of benzene rings is 2. The summed E-state index contributed by atoms with van der Waals surface area (Å²) in [7, 11) is 1.26. The summed E-state index contributed by atoms with van der Waals surface area (Å²) < 4.78 is 10.3. The van der Waals surface area contributed by atoms with E-state index in [2.05, 4.69) is 22.8 Å². The number of aliphatic carboxylic acids is 1. The van der Waals surface area contributed by atoms with Gasteiger partial charge in [-0.15, -0.1) is 0 Å². The van der Waals surface area contributed by atoms with Gasteiger partial charge >= 0.3 is 12.1 Å². The molecule has 3 N–H and O–H groups in total. The van der Waals surface area contributed by atoms with Gasteiger partial charge in [-0.3, -0.25) is 4.79 Å². The van der Waals surface area contributed by atoms with E-state index in [-0.39, 0.29) is 31.4 Å². The first-order valence-electron chi connectivity index (χ1n) is 10.6. The molecule has 0 radical (unpaired) electrons. The molecule has 8 heteroatoms. The Kier molecular flexibility index (Phi) is 7.83. The highest BCUT2D eigenvalue weighted by atomic mass is 16.5. The third kappa shape index (κ3) is 5.45. The highest BCUT2D eigenvalue weighted by Crippen LogP contribution is 2.44. The Bertz CT molecular complexity index is 931. The number of ether oxygens (including phenoxy) is 2. The van der Waals surface area contributed by atoms with Gasteiger partial charge in [-0.2, -0.15) is 0 Å². The van der Waals surface area contributed by atoms with Gasteiger partial charge in [-0.25, -0.2) is 9.59 Å². The summed E-state index contributed by atoms with van der Waals surface area (Å²) in [6.07, 6.45) is -1.18. The van der Waals surface area contributed by atoms with E-state index in [1.807, 2.05) is 43.3 Å². The van der Waals surface area contributed by atoms with Gasteiger partial charge in [0, 0.05) is 25.5 Å². The fraction of sp³-hybridized carbons (Fsp3) is 0.375. The predicted octanol–water partition coefficient (Wildman–Crippen LogP) is 2.91. The van der Waals surface area contributed by atoms with Crippen molar-refractivity contribution < 1.29 is 29.0 Å². The van der Waals surface area contributed by atoms with Gasteiger partial charge in [0.1, 0.15) is 6.61 Å². The number of carbonyl (C=O) groups is 3. The number of carbonyl (C=O) groups excluding carboxylic acids is 2. The lowest BCUT2D eigenvalue weighted by Crippen LogP contribution is -2.42. The van der Waals surface area contributed by atoms with Crippen LogP contribution in [0.15, 0.2) is 48.5 Å². The van der Waals surface area contributed by atoms with E-state index >= 15 is 0 Å². The number of carboxylic acid groups (broad SMARTS) is 1. The minimum absolute atomic E-state index is 0.0107. The number of fused-ring (bicyclic) bond motifs is 3. The second kappa shape index (κ2) is 10.8. The average molecular weight is 440 g/mol. The van der Waals surface area contributed by atoms with Crippen LogP contribution < -0.4 is 10.6 Å². The zero-order valence-electron chi connectivity index (χ0n) is 18.2. The van der Waals surface area contributed by atoms with Crippen LogP contribution in [0.25, 0.3) is 11.1 Å². The first kappa shape index (κ1) is 23.3. The smallest absolute Gasteiger partial charge is 0.407 e. The second-order valence-corrected chi connectivity index (χ2v) is 7.65. The van der Waals surface area contributed by atoms with Crippen LogP contribution in [-0.4, -0.2) is 55.5 Å². The molecule has 2 atom stereocenters. The third-order valence-corrected chi connectivity index (χ3v) is 5.63. The minimum atomic E-state index is -1.16.